The van der Waals surface area contributed by atoms with E-state index in [1.807, 2.05) is 0 Å². The zero-order valence-corrected chi connectivity index (χ0v) is 14.1. The summed E-state index contributed by atoms with van der Waals surface area (Å²) >= 11 is 0. The molecule has 1 aromatic rings. The number of amides is 2. The molecular weight excluding hydrogens is 327 g/mol. The van der Waals surface area contributed by atoms with Crippen LogP contribution in [0.1, 0.15) is 19.8 Å². The molecule has 0 bridgehead atoms. The molecule has 0 aliphatic carbocycles. The fourth-order valence-electron chi connectivity index (χ4n) is 2.87. The SMILES string of the molecule is CC(=O)NCC1CN(c2ccc(N3C=NCCCC3)c(F)c2)C(=O)O1. The molecule has 1 fully saturated rings. The molecule has 2 amide bonds. The van der Waals surface area contributed by atoms with Crippen LogP contribution in [0.25, 0.3) is 0 Å². The second-order valence-corrected chi connectivity index (χ2v) is 6.11. The molecule has 8 heteroatoms. The minimum Gasteiger partial charge on any atom is -0.442 e. The molecule has 134 valence electrons. The Morgan fingerprint density at radius 1 is 1.44 bits per heavy atom. The van der Waals surface area contributed by atoms with Crippen LogP contribution in [0, 0.1) is 5.82 Å². The van der Waals surface area contributed by atoms with Gasteiger partial charge in [-0.1, -0.05) is 0 Å². The van der Waals surface area contributed by atoms with E-state index in [4.69, 9.17) is 4.74 Å². The minimum absolute atomic E-state index is 0.191. The van der Waals surface area contributed by atoms with Crippen LogP contribution in [0.4, 0.5) is 20.6 Å². The van der Waals surface area contributed by atoms with Crippen molar-refractivity contribution in [2.45, 2.75) is 25.9 Å². The minimum atomic E-state index is -0.543. The first-order chi connectivity index (χ1) is 12.0. The number of rotatable bonds is 4. The van der Waals surface area contributed by atoms with Crippen LogP contribution in [-0.2, 0) is 9.53 Å². The third-order valence-corrected chi connectivity index (χ3v) is 4.16. The summed E-state index contributed by atoms with van der Waals surface area (Å²) in [6.07, 6.45) is 2.61. The van der Waals surface area contributed by atoms with Crippen molar-refractivity contribution < 1.29 is 18.7 Å². The molecule has 1 saturated heterocycles. The third-order valence-electron chi connectivity index (χ3n) is 4.16. The fraction of sp³-hybridized carbons (Fsp3) is 0.471. The molecule has 1 unspecified atom stereocenters. The van der Waals surface area contributed by atoms with Crippen molar-refractivity contribution in [1.29, 1.82) is 0 Å². The van der Waals surface area contributed by atoms with Gasteiger partial charge in [0.2, 0.25) is 5.91 Å². The summed E-state index contributed by atoms with van der Waals surface area (Å²) in [6, 6.07) is 4.67. The molecule has 2 heterocycles. The van der Waals surface area contributed by atoms with Gasteiger partial charge in [-0.05, 0) is 31.0 Å². The Hall–Kier alpha value is -2.64. The summed E-state index contributed by atoms with van der Waals surface area (Å²) in [5.41, 5.74) is 0.875. The van der Waals surface area contributed by atoms with Gasteiger partial charge in [-0.3, -0.25) is 14.7 Å². The number of benzene rings is 1. The van der Waals surface area contributed by atoms with Gasteiger partial charge in [-0.25, -0.2) is 9.18 Å². The molecular formula is C17H21FN4O3. The van der Waals surface area contributed by atoms with Gasteiger partial charge in [0.1, 0.15) is 11.9 Å². The maximum atomic E-state index is 14.6. The van der Waals surface area contributed by atoms with E-state index in [9.17, 15) is 14.0 Å². The van der Waals surface area contributed by atoms with Gasteiger partial charge in [0, 0.05) is 20.0 Å². The van der Waals surface area contributed by atoms with E-state index < -0.39 is 18.0 Å². The molecule has 3 rings (SSSR count). The van der Waals surface area contributed by atoms with Gasteiger partial charge < -0.3 is 15.0 Å². The van der Waals surface area contributed by atoms with Crippen LogP contribution in [0.5, 0.6) is 0 Å². The molecule has 0 saturated carbocycles. The van der Waals surface area contributed by atoms with Crippen LogP contribution in [0.15, 0.2) is 23.2 Å². The Bertz CT molecular complexity index is 694. The predicted molar refractivity (Wildman–Crippen MR) is 92.6 cm³/mol. The highest BCUT2D eigenvalue weighted by molar-refractivity contribution is 5.90. The highest BCUT2D eigenvalue weighted by Gasteiger charge is 2.32. The summed E-state index contributed by atoms with van der Waals surface area (Å²) in [5.74, 6) is -0.604. The van der Waals surface area contributed by atoms with E-state index in [-0.39, 0.29) is 19.0 Å². The molecule has 1 N–H and O–H groups in total. The molecule has 2 aliphatic rings. The van der Waals surface area contributed by atoms with E-state index in [1.54, 1.807) is 23.4 Å². The number of anilines is 2. The maximum absolute atomic E-state index is 14.6. The van der Waals surface area contributed by atoms with Crippen molar-refractivity contribution in [3.63, 3.8) is 0 Å². The molecule has 7 nitrogen and oxygen atoms in total. The Morgan fingerprint density at radius 2 is 2.28 bits per heavy atom. The van der Waals surface area contributed by atoms with Gasteiger partial charge in [-0.2, -0.15) is 0 Å². The molecule has 1 aromatic carbocycles. The molecule has 0 aromatic heterocycles. The van der Waals surface area contributed by atoms with E-state index in [0.717, 1.165) is 19.4 Å². The van der Waals surface area contributed by atoms with E-state index in [1.165, 1.54) is 17.9 Å². The van der Waals surface area contributed by atoms with Gasteiger partial charge >= 0.3 is 6.09 Å². The molecule has 2 aliphatic heterocycles. The van der Waals surface area contributed by atoms with Crippen molar-refractivity contribution in [2.75, 3.05) is 36.0 Å². The second-order valence-electron chi connectivity index (χ2n) is 6.11. The van der Waals surface area contributed by atoms with Gasteiger partial charge in [0.25, 0.3) is 0 Å². The zero-order chi connectivity index (χ0) is 17.8. The van der Waals surface area contributed by atoms with Crippen molar-refractivity contribution in [2.24, 2.45) is 4.99 Å². The van der Waals surface area contributed by atoms with Crippen LogP contribution in [0.3, 0.4) is 0 Å². The Balaban J connectivity index is 1.72. The largest absolute Gasteiger partial charge is 0.442 e. The standard InChI is InChI=1S/C17H21FN4O3/c1-12(23)20-9-14-10-22(17(24)25-14)13-4-5-16(15(18)8-13)21-7-3-2-6-19-11-21/h4-5,8,11,14H,2-3,6-7,9-10H2,1H3,(H,20,23). The fourth-order valence-corrected chi connectivity index (χ4v) is 2.87. The Labute approximate surface area is 145 Å². The lowest BCUT2D eigenvalue weighted by atomic mass is 10.2. The van der Waals surface area contributed by atoms with Crippen molar-refractivity contribution in [3.8, 4) is 0 Å². The zero-order valence-electron chi connectivity index (χ0n) is 14.1. The number of aliphatic imine (C=N–C) groups is 1. The number of halogens is 1. The van der Waals surface area contributed by atoms with E-state index in [2.05, 4.69) is 10.3 Å². The third kappa shape index (κ3) is 4.07. The monoisotopic (exact) mass is 348 g/mol. The van der Waals surface area contributed by atoms with Gasteiger partial charge in [0.15, 0.2) is 0 Å². The van der Waals surface area contributed by atoms with E-state index in [0.29, 0.717) is 17.9 Å². The molecule has 1 atom stereocenters. The van der Waals surface area contributed by atoms with Gasteiger partial charge in [0.05, 0.1) is 30.8 Å². The van der Waals surface area contributed by atoms with Crippen LogP contribution >= 0.6 is 0 Å². The Kier molecular flexibility index (Phi) is 5.16. The number of carbonyl (C=O) groups is 2. The Morgan fingerprint density at radius 3 is 3.04 bits per heavy atom. The lowest BCUT2D eigenvalue weighted by molar-refractivity contribution is -0.119. The average molecular weight is 348 g/mol. The number of nitrogens with zero attached hydrogens (tertiary/aromatic N) is 3. The highest BCUT2D eigenvalue weighted by Crippen LogP contribution is 2.28. The smallest absolute Gasteiger partial charge is 0.414 e. The summed E-state index contributed by atoms with van der Waals surface area (Å²) in [4.78, 5) is 30.4. The molecule has 0 spiro atoms. The lowest BCUT2D eigenvalue weighted by Crippen LogP contribution is -2.33. The number of hydrogen-bond acceptors (Lipinski definition) is 5. The summed E-state index contributed by atoms with van der Waals surface area (Å²) in [7, 11) is 0. The number of carbonyl (C=O) groups excluding carboxylic acids is 2. The maximum Gasteiger partial charge on any atom is 0.414 e. The number of nitrogens with one attached hydrogen (secondary N) is 1. The summed E-state index contributed by atoms with van der Waals surface area (Å²) in [6.45, 7) is 3.37. The van der Waals surface area contributed by atoms with Crippen molar-refractivity contribution >= 4 is 29.7 Å². The van der Waals surface area contributed by atoms with Gasteiger partial charge in [-0.15, -0.1) is 0 Å². The first-order valence-electron chi connectivity index (χ1n) is 8.33. The van der Waals surface area contributed by atoms with Crippen LogP contribution in [-0.4, -0.2) is 50.6 Å². The lowest BCUT2D eigenvalue weighted by Gasteiger charge is -2.20. The summed E-state index contributed by atoms with van der Waals surface area (Å²) in [5, 5.41) is 2.61. The quantitative estimate of drug-likeness (QED) is 0.902. The van der Waals surface area contributed by atoms with E-state index >= 15 is 0 Å². The van der Waals surface area contributed by atoms with Crippen LogP contribution < -0.4 is 15.1 Å². The first-order valence-corrected chi connectivity index (χ1v) is 8.33. The highest BCUT2D eigenvalue weighted by atomic mass is 19.1. The number of ether oxygens (including phenoxy) is 1. The topological polar surface area (TPSA) is 74.2 Å². The first kappa shape index (κ1) is 17.2. The second kappa shape index (κ2) is 7.50. The molecule has 25 heavy (non-hydrogen) atoms. The summed E-state index contributed by atoms with van der Waals surface area (Å²) < 4.78 is 19.8. The molecule has 0 radical (unpaired) electrons. The average Bonchev–Trinajstić information content (AvgIpc) is 2.78. The number of cyclic esters (lactones) is 1. The van der Waals surface area contributed by atoms with Crippen molar-refractivity contribution in [1.82, 2.24) is 5.32 Å². The predicted octanol–water partition coefficient (Wildman–Crippen LogP) is 1.92. The normalized spacial score (nSPS) is 20.4. The number of hydrogen-bond donors (Lipinski definition) is 1. The van der Waals surface area contributed by atoms with Crippen molar-refractivity contribution in [3.05, 3.63) is 24.0 Å². The van der Waals surface area contributed by atoms with Crippen LogP contribution in [0.2, 0.25) is 0 Å².